The van der Waals surface area contributed by atoms with Crippen LogP contribution >= 0.6 is 0 Å². The van der Waals surface area contributed by atoms with Gasteiger partial charge in [-0.05, 0) is 42.4 Å². The zero-order valence-electron chi connectivity index (χ0n) is 11.7. The predicted octanol–water partition coefficient (Wildman–Crippen LogP) is 1.72. The van der Waals surface area contributed by atoms with Gasteiger partial charge in [-0.3, -0.25) is 4.79 Å². The van der Waals surface area contributed by atoms with E-state index < -0.39 is 11.6 Å². The van der Waals surface area contributed by atoms with Gasteiger partial charge in [0.25, 0.3) is 0 Å². The smallest absolute Gasteiger partial charge is 0.227 e. The third-order valence-corrected chi connectivity index (χ3v) is 5.40. The molecule has 3 heterocycles. The fourth-order valence-electron chi connectivity index (χ4n) is 4.55. The molecular weight excluding hydrogens is 274 g/mol. The molecule has 3 saturated heterocycles. The number of carbonyl (C=O) groups excluding carboxylic acids is 1. The van der Waals surface area contributed by atoms with Gasteiger partial charge in [-0.25, -0.2) is 8.78 Å². The summed E-state index contributed by atoms with van der Waals surface area (Å²) >= 11 is 0. The van der Waals surface area contributed by atoms with E-state index >= 15 is 0 Å². The van der Waals surface area contributed by atoms with Gasteiger partial charge in [0, 0.05) is 25.2 Å². The first kappa shape index (κ1) is 13.2. The van der Waals surface area contributed by atoms with Gasteiger partial charge in [0.05, 0.1) is 6.42 Å². The van der Waals surface area contributed by atoms with E-state index in [4.69, 9.17) is 0 Å². The summed E-state index contributed by atoms with van der Waals surface area (Å²) < 4.78 is 26.2. The summed E-state index contributed by atoms with van der Waals surface area (Å²) in [5.74, 6) is -0.531. The Labute approximate surface area is 122 Å². The Morgan fingerprint density at radius 2 is 1.81 bits per heavy atom. The topological polar surface area (TPSA) is 32.3 Å². The number of nitrogens with one attached hydrogen (secondary N) is 1. The summed E-state index contributed by atoms with van der Waals surface area (Å²) in [5, 5.41) is 3.42. The van der Waals surface area contributed by atoms with Crippen LogP contribution in [0, 0.1) is 23.5 Å². The first-order valence-electron chi connectivity index (χ1n) is 7.61. The van der Waals surface area contributed by atoms with Crippen LogP contribution in [-0.4, -0.2) is 36.0 Å². The second kappa shape index (κ2) is 4.77. The maximum Gasteiger partial charge on any atom is 0.227 e. The van der Waals surface area contributed by atoms with Crippen LogP contribution < -0.4 is 5.32 Å². The van der Waals surface area contributed by atoms with Gasteiger partial charge < -0.3 is 10.2 Å². The second-order valence-corrected chi connectivity index (χ2v) is 6.42. The molecule has 21 heavy (non-hydrogen) atoms. The molecule has 0 aliphatic carbocycles. The lowest BCUT2D eigenvalue weighted by Gasteiger charge is -2.24. The van der Waals surface area contributed by atoms with Crippen molar-refractivity contribution in [2.45, 2.75) is 31.3 Å². The molecule has 5 heteroatoms. The molecule has 1 N–H and O–H groups in total. The van der Waals surface area contributed by atoms with E-state index in [1.807, 2.05) is 4.90 Å². The molecule has 0 saturated carbocycles. The van der Waals surface area contributed by atoms with E-state index in [-0.39, 0.29) is 12.3 Å². The molecule has 2 bridgehead atoms. The number of hydrogen-bond donors (Lipinski definition) is 1. The van der Waals surface area contributed by atoms with Crippen molar-refractivity contribution in [1.29, 1.82) is 0 Å². The van der Waals surface area contributed by atoms with E-state index in [0.29, 0.717) is 29.5 Å². The summed E-state index contributed by atoms with van der Waals surface area (Å²) in [4.78, 5) is 14.6. The molecule has 1 aromatic carbocycles. The fraction of sp³-hybridized carbons (Fsp3) is 0.562. The maximum atomic E-state index is 13.3. The van der Waals surface area contributed by atoms with Gasteiger partial charge in [-0.2, -0.15) is 0 Å². The van der Waals surface area contributed by atoms with Crippen molar-refractivity contribution in [1.82, 2.24) is 10.2 Å². The number of rotatable bonds is 2. The average molecular weight is 292 g/mol. The number of fused-ring (bicyclic) bond motifs is 5. The summed E-state index contributed by atoms with van der Waals surface area (Å²) in [6, 6.07) is 4.40. The second-order valence-electron chi connectivity index (χ2n) is 6.42. The molecular formula is C16H18F2N2O. The van der Waals surface area contributed by atoms with Gasteiger partial charge in [-0.1, -0.05) is 6.07 Å². The van der Waals surface area contributed by atoms with E-state index in [1.165, 1.54) is 6.07 Å². The van der Waals surface area contributed by atoms with E-state index in [2.05, 4.69) is 5.32 Å². The summed E-state index contributed by atoms with van der Waals surface area (Å²) in [7, 11) is 0. The van der Waals surface area contributed by atoms with Crippen LogP contribution in [0.4, 0.5) is 8.78 Å². The standard InChI is InChI=1S/C16H18F2N2O/c17-12-2-1-9(5-13(12)18)6-16(21)20-14-3-4-15(20)11-8-19-7-10(11)14/h1-2,5,10-11,14-15,19H,3-4,6-8H2. The Morgan fingerprint density at radius 3 is 2.43 bits per heavy atom. The van der Waals surface area contributed by atoms with E-state index in [0.717, 1.165) is 38.1 Å². The van der Waals surface area contributed by atoms with Crippen molar-refractivity contribution >= 4 is 5.91 Å². The Bertz CT molecular complexity index is 574. The Morgan fingerprint density at radius 1 is 1.14 bits per heavy atom. The van der Waals surface area contributed by atoms with Crippen molar-refractivity contribution in [3.8, 4) is 0 Å². The monoisotopic (exact) mass is 292 g/mol. The van der Waals surface area contributed by atoms with Crippen LogP contribution in [0.5, 0.6) is 0 Å². The van der Waals surface area contributed by atoms with Gasteiger partial charge in [0.2, 0.25) is 5.91 Å². The van der Waals surface area contributed by atoms with Crippen molar-refractivity contribution in [3.05, 3.63) is 35.4 Å². The highest BCUT2D eigenvalue weighted by molar-refractivity contribution is 5.80. The molecule has 4 rings (SSSR count). The lowest BCUT2D eigenvalue weighted by atomic mass is 9.82. The number of amides is 1. The quantitative estimate of drug-likeness (QED) is 0.900. The molecule has 3 aliphatic rings. The number of benzene rings is 1. The zero-order chi connectivity index (χ0) is 14.6. The zero-order valence-corrected chi connectivity index (χ0v) is 11.7. The van der Waals surface area contributed by atoms with Crippen molar-refractivity contribution in [2.24, 2.45) is 11.8 Å². The third-order valence-electron chi connectivity index (χ3n) is 5.40. The van der Waals surface area contributed by atoms with E-state index in [9.17, 15) is 13.6 Å². The van der Waals surface area contributed by atoms with Crippen molar-refractivity contribution in [2.75, 3.05) is 13.1 Å². The predicted molar refractivity (Wildman–Crippen MR) is 73.6 cm³/mol. The minimum Gasteiger partial charge on any atom is -0.336 e. The fourth-order valence-corrected chi connectivity index (χ4v) is 4.55. The SMILES string of the molecule is O=C(Cc1ccc(F)c(F)c1)N1C2CCC1C1CNCC12. The minimum absolute atomic E-state index is 0.0582. The lowest BCUT2D eigenvalue weighted by Crippen LogP contribution is -2.40. The highest BCUT2D eigenvalue weighted by Gasteiger charge is 2.55. The van der Waals surface area contributed by atoms with Crippen LogP contribution in [0.15, 0.2) is 18.2 Å². The van der Waals surface area contributed by atoms with Gasteiger partial charge in [0.15, 0.2) is 11.6 Å². The summed E-state index contributed by atoms with van der Waals surface area (Å²) in [5.41, 5.74) is 0.550. The molecule has 112 valence electrons. The normalized spacial score (nSPS) is 33.5. The molecule has 0 spiro atoms. The molecule has 0 radical (unpaired) electrons. The van der Waals surface area contributed by atoms with Crippen molar-refractivity contribution in [3.63, 3.8) is 0 Å². The number of halogens is 2. The Hall–Kier alpha value is -1.49. The first-order chi connectivity index (χ1) is 10.1. The van der Waals surface area contributed by atoms with Crippen LogP contribution in [-0.2, 0) is 11.2 Å². The molecule has 1 aromatic rings. The van der Waals surface area contributed by atoms with Gasteiger partial charge in [-0.15, -0.1) is 0 Å². The number of carbonyl (C=O) groups is 1. The van der Waals surface area contributed by atoms with Gasteiger partial charge in [0.1, 0.15) is 0 Å². The van der Waals surface area contributed by atoms with Crippen molar-refractivity contribution < 1.29 is 13.6 Å². The van der Waals surface area contributed by atoms with Crippen LogP contribution in [0.25, 0.3) is 0 Å². The van der Waals surface area contributed by atoms with Crippen LogP contribution in [0.3, 0.4) is 0 Å². The number of nitrogens with zero attached hydrogens (tertiary/aromatic N) is 1. The molecule has 3 aliphatic heterocycles. The summed E-state index contributed by atoms with van der Waals surface area (Å²) in [6.07, 6.45) is 2.32. The summed E-state index contributed by atoms with van der Waals surface area (Å²) in [6.45, 7) is 2.00. The molecule has 1 amide bonds. The van der Waals surface area contributed by atoms with Crippen LogP contribution in [0.2, 0.25) is 0 Å². The molecule has 4 atom stereocenters. The molecule has 3 nitrogen and oxygen atoms in total. The highest BCUT2D eigenvalue weighted by atomic mass is 19.2. The first-order valence-corrected chi connectivity index (χ1v) is 7.61. The third kappa shape index (κ3) is 1.98. The highest BCUT2D eigenvalue weighted by Crippen LogP contribution is 2.47. The maximum absolute atomic E-state index is 13.3. The molecule has 4 unspecified atom stereocenters. The average Bonchev–Trinajstić information content (AvgIpc) is 3.13. The lowest BCUT2D eigenvalue weighted by molar-refractivity contribution is -0.132. The minimum atomic E-state index is -0.884. The Balaban J connectivity index is 1.52. The molecule has 3 fully saturated rings. The largest absolute Gasteiger partial charge is 0.336 e. The van der Waals surface area contributed by atoms with Crippen LogP contribution in [0.1, 0.15) is 18.4 Å². The number of hydrogen-bond acceptors (Lipinski definition) is 2. The van der Waals surface area contributed by atoms with Gasteiger partial charge >= 0.3 is 0 Å². The van der Waals surface area contributed by atoms with E-state index in [1.54, 1.807) is 0 Å². The molecule has 0 aromatic heterocycles. The Kier molecular flexibility index (Phi) is 2.99.